The highest BCUT2D eigenvalue weighted by Crippen LogP contribution is 2.27. The summed E-state index contributed by atoms with van der Waals surface area (Å²) in [6.07, 6.45) is 0. The number of piperazine rings is 1. The van der Waals surface area contributed by atoms with Gasteiger partial charge in [-0.3, -0.25) is 4.90 Å². The number of aryl methyl sites for hydroxylation is 1. The van der Waals surface area contributed by atoms with Crippen LogP contribution in [0.25, 0.3) is 0 Å². The minimum absolute atomic E-state index is 0.379. The Hall–Kier alpha value is -0.940. The summed E-state index contributed by atoms with van der Waals surface area (Å²) in [5, 5.41) is 4.29. The van der Waals surface area contributed by atoms with Crippen LogP contribution < -0.4 is 5.32 Å². The maximum absolute atomic E-state index is 6.13. The van der Waals surface area contributed by atoms with Gasteiger partial charge in [-0.15, -0.1) is 11.3 Å². The molecule has 0 amide bonds. The average molecular weight is 308 g/mol. The van der Waals surface area contributed by atoms with Crippen LogP contribution in [0.5, 0.6) is 0 Å². The van der Waals surface area contributed by atoms with Gasteiger partial charge in [0.05, 0.1) is 11.2 Å². The van der Waals surface area contributed by atoms with Crippen molar-refractivity contribution in [3.8, 4) is 0 Å². The molecule has 1 unspecified atom stereocenters. The van der Waals surface area contributed by atoms with Crippen molar-refractivity contribution in [2.24, 2.45) is 0 Å². The Morgan fingerprint density at radius 1 is 1.50 bits per heavy atom. The molecule has 5 heteroatoms. The molecule has 0 aliphatic carbocycles. The molecule has 1 aromatic carbocycles. The molecule has 1 fully saturated rings. The molecule has 1 aromatic heterocycles. The summed E-state index contributed by atoms with van der Waals surface area (Å²) < 4.78 is 0. The summed E-state index contributed by atoms with van der Waals surface area (Å²) in [4.78, 5) is 8.23. The largest absolute Gasteiger partial charge is 0.314 e. The van der Waals surface area contributed by atoms with E-state index in [2.05, 4.69) is 34.3 Å². The highest BCUT2D eigenvalue weighted by atomic mass is 35.5. The zero-order valence-corrected chi connectivity index (χ0v) is 13.0. The second kappa shape index (κ2) is 6.22. The molecule has 3 nitrogen and oxygen atoms in total. The number of hydrogen-bond donors (Lipinski definition) is 1. The predicted octanol–water partition coefficient (Wildman–Crippen LogP) is 3.25. The van der Waals surface area contributed by atoms with Gasteiger partial charge in [0.2, 0.25) is 0 Å². The summed E-state index contributed by atoms with van der Waals surface area (Å²) >= 11 is 7.88. The average Bonchev–Trinajstić information content (AvgIpc) is 2.85. The second-order valence-corrected chi connectivity index (χ2v) is 6.48. The van der Waals surface area contributed by atoms with E-state index in [-0.39, 0.29) is 0 Å². The van der Waals surface area contributed by atoms with Crippen LogP contribution in [0.15, 0.2) is 29.8 Å². The molecule has 1 aliphatic heterocycles. The SMILES string of the molecule is Cc1ncsc1CN1CCNCC1c1cccc(Cl)c1. The van der Waals surface area contributed by atoms with Crippen molar-refractivity contribution in [3.05, 3.63) is 50.9 Å². The van der Waals surface area contributed by atoms with E-state index in [1.807, 2.05) is 17.6 Å². The summed E-state index contributed by atoms with van der Waals surface area (Å²) in [6.45, 7) is 6.11. The van der Waals surface area contributed by atoms with Gasteiger partial charge in [-0.05, 0) is 24.6 Å². The molecule has 0 saturated carbocycles. The van der Waals surface area contributed by atoms with Crippen LogP contribution in [0.4, 0.5) is 0 Å². The lowest BCUT2D eigenvalue weighted by atomic mass is 10.0. The molecule has 1 N–H and O–H groups in total. The standard InChI is InChI=1S/C15H18ClN3S/c1-11-15(20-10-18-11)9-19-6-5-17-8-14(19)12-3-2-4-13(16)7-12/h2-4,7,10,14,17H,5-6,8-9H2,1H3. The molecule has 0 spiro atoms. The third-order valence-corrected chi connectivity index (χ3v) is 4.93. The van der Waals surface area contributed by atoms with Gasteiger partial charge in [-0.1, -0.05) is 23.7 Å². The Morgan fingerprint density at radius 3 is 3.15 bits per heavy atom. The van der Waals surface area contributed by atoms with Crippen LogP contribution in [0.3, 0.4) is 0 Å². The molecule has 0 radical (unpaired) electrons. The first kappa shape index (κ1) is 14.0. The number of halogens is 1. The summed E-state index contributed by atoms with van der Waals surface area (Å²) in [6, 6.07) is 8.58. The van der Waals surface area contributed by atoms with Crippen LogP contribution in [0, 0.1) is 6.92 Å². The smallest absolute Gasteiger partial charge is 0.0798 e. The molecule has 1 saturated heterocycles. The minimum atomic E-state index is 0.379. The van der Waals surface area contributed by atoms with Crippen LogP contribution in [-0.2, 0) is 6.54 Å². The second-order valence-electron chi connectivity index (χ2n) is 5.11. The van der Waals surface area contributed by atoms with E-state index >= 15 is 0 Å². The van der Waals surface area contributed by atoms with E-state index in [4.69, 9.17) is 11.6 Å². The third-order valence-electron chi connectivity index (χ3n) is 3.78. The van der Waals surface area contributed by atoms with Gasteiger partial charge in [0.15, 0.2) is 0 Å². The monoisotopic (exact) mass is 307 g/mol. The van der Waals surface area contributed by atoms with Gasteiger partial charge in [-0.2, -0.15) is 0 Å². The fourth-order valence-electron chi connectivity index (χ4n) is 2.64. The van der Waals surface area contributed by atoms with Crippen LogP contribution in [0.1, 0.15) is 22.2 Å². The molecule has 2 heterocycles. The fourth-order valence-corrected chi connectivity index (χ4v) is 3.64. The molecular formula is C15H18ClN3S. The first-order valence-electron chi connectivity index (χ1n) is 6.83. The normalized spacial score (nSPS) is 20.2. The molecule has 106 valence electrons. The number of hydrogen-bond acceptors (Lipinski definition) is 4. The summed E-state index contributed by atoms with van der Waals surface area (Å²) in [5.74, 6) is 0. The van der Waals surface area contributed by atoms with Gasteiger partial charge in [0, 0.05) is 42.1 Å². The lowest BCUT2D eigenvalue weighted by molar-refractivity contribution is 0.155. The highest BCUT2D eigenvalue weighted by Gasteiger charge is 2.24. The van der Waals surface area contributed by atoms with Gasteiger partial charge in [-0.25, -0.2) is 4.98 Å². The molecule has 3 rings (SSSR count). The van der Waals surface area contributed by atoms with E-state index in [9.17, 15) is 0 Å². The number of thiazole rings is 1. The van der Waals surface area contributed by atoms with Crippen LogP contribution in [-0.4, -0.2) is 29.5 Å². The van der Waals surface area contributed by atoms with Crippen LogP contribution >= 0.6 is 22.9 Å². The highest BCUT2D eigenvalue weighted by molar-refractivity contribution is 7.09. The Bertz CT molecular complexity index is 584. The zero-order chi connectivity index (χ0) is 13.9. The summed E-state index contributed by atoms with van der Waals surface area (Å²) in [7, 11) is 0. The molecule has 1 atom stereocenters. The van der Waals surface area contributed by atoms with Crippen molar-refractivity contribution >= 4 is 22.9 Å². The van der Waals surface area contributed by atoms with E-state index in [1.165, 1.54) is 10.4 Å². The molecule has 20 heavy (non-hydrogen) atoms. The number of benzene rings is 1. The summed E-state index contributed by atoms with van der Waals surface area (Å²) in [5.41, 5.74) is 4.37. The first-order valence-corrected chi connectivity index (χ1v) is 8.09. The van der Waals surface area contributed by atoms with Crippen LogP contribution in [0.2, 0.25) is 5.02 Å². The molecule has 1 aliphatic rings. The Morgan fingerprint density at radius 2 is 2.40 bits per heavy atom. The topological polar surface area (TPSA) is 28.2 Å². The molecule has 2 aromatic rings. The third kappa shape index (κ3) is 3.04. The number of aromatic nitrogens is 1. The number of rotatable bonds is 3. The van der Waals surface area contributed by atoms with Crippen molar-refractivity contribution in [3.63, 3.8) is 0 Å². The first-order chi connectivity index (χ1) is 9.74. The van der Waals surface area contributed by atoms with Crippen molar-refractivity contribution < 1.29 is 0 Å². The molecular weight excluding hydrogens is 290 g/mol. The lowest BCUT2D eigenvalue weighted by Crippen LogP contribution is -2.45. The quantitative estimate of drug-likeness (QED) is 0.943. The van der Waals surface area contributed by atoms with Crippen molar-refractivity contribution in [1.82, 2.24) is 15.2 Å². The zero-order valence-electron chi connectivity index (χ0n) is 11.5. The Labute approximate surface area is 128 Å². The number of nitrogens with one attached hydrogen (secondary N) is 1. The number of nitrogens with zero attached hydrogens (tertiary/aromatic N) is 2. The van der Waals surface area contributed by atoms with E-state index < -0.39 is 0 Å². The maximum atomic E-state index is 6.13. The lowest BCUT2D eigenvalue weighted by Gasteiger charge is -2.36. The van der Waals surface area contributed by atoms with E-state index in [1.54, 1.807) is 11.3 Å². The van der Waals surface area contributed by atoms with Gasteiger partial charge < -0.3 is 5.32 Å². The van der Waals surface area contributed by atoms with E-state index in [0.717, 1.165) is 36.9 Å². The van der Waals surface area contributed by atoms with Crippen molar-refractivity contribution in [2.75, 3.05) is 19.6 Å². The van der Waals surface area contributed by atoms with Crippen molar-refractivity contribution in [1.29, 1.82) is 0 Å². The fraction of sp³-hybridized carbons (Fsp3) is 0.400. The van der Waals surface area contributed by atoms with Gasteiger partial charge in [0.25, 0.3) is 0 Å². The Kier molecular flexibility index (Phi) is 4.36. The predicted molar refractivity (Wildman–Crippen MR) is 84.3 cm³/mol. The maximum Gasteiger partial charge on any atom is 0.0798 e. The minimum Gasteiger partial charge on any atom is -0.314 e. The van der Waals surface area contributed by atoms with Gasteiger partial charge in [0.1, 0.15) is 0 Å². The van der Waals surface area contributed by atoms with Crippen molar-refractivity contribution in [2.45, 2.75) is 19.5 Å². The van der Waals surface area contributed by atoms with E-state index in [0.29, 0.717) is 6.04 Å². The Balaban J connectivity index is 1.82. The van der Waals surface area contributed by atoms with Gasteiger partial charge >= 0.3 is 0 Å². The molecule has 0 bridgehead atoms.